The van der Waals surface area contributed by atoms with Crippen LogP contribution in [0.5, 0.6) is 0 Å². The molecule has 2 rings (SSSR count). The topological polar surface area (TPSA) is 64.1 Å². The van der Waals surface area contributed by atoms with Crippen molar-refractivity contribution in [2.45, 2.75) is 6.23 Å². The van der Waals surface area contributed by atoms with Crippen LogP contribution in [-0.4, -0.2) is 16.2 Å². The molecule has 5 nitrogen and oxygen atoms in total. The lowest BCUT2D eigenvalue weighted by atomic mass is 10.2. The average molecular weight is 224 g/mol. The van der Waals surface area contributed by atoms with Crippen LogP contribution in [0.15, 0.2) is 40.1 Å². The maximum atomic E-state index is 13.0. The van der Waals surface area contributed by atoms with Crippen LogP contribution in [0.4, 0.5) is 4.39 Å². The van der Waals surface area contributed by atoms with Crippen molar-refractivity contribution in [2.24, 2.45) is 0 Å². The summed E-state index contributed by atoms with van der Waals surface area (Å²) < 4.78 is 19.2. The molecule has 0 amide bonds. The van der Waals surface area contributed by atoms with Gasteiger partial charge in [0.2, 0.25) is 5.82 Å². The lowest BCUT2D eigenvalue weighted by Crippen LogP contribution is -2.35. The summed E-state index contributed by atoms with van der Waals surface area (Å²) in [5, 5.41) is 0. The highest BCUT2D eigenvalue weighted by Gasteiger charge is 2.18. The first kappa shape index (κ1) is 10.6. The third-order valence-corrected chi connectivity index (χ3v) is 2.18. The monoisotopic (exact) mass is 224 g/mol. The minimum Gasteiger partial charge on any atom is -0.349 e. The molecule has 0 bridgehead atoms. The number of ether oxygens (including phenoxy) is 1. The van der Waals surface area contributed by atoms with Crippen molar-refractivity contribution >= 4 is 0 Å². The maximum absolute atomic E-state index is 13.0. The van der Waals surface area contributed by atoms with E-state index in [2.05, 4.69) is 6.58 Å². The summed E-state index contributed by atoms with van der Waals surface area (Å²) in [5.74, 6) is -1.04. The second-order valence-corrected chi connectivity index (χ2v) is 3.31. The SMILES string of the molecule is C=C1C=CCOC1n1cc(F)c(=O)[nH]c1=O. The van der Waals surface area contributed by atoms with Crippen molar-refractivity contribution in [1.29, 1.82) is 0 Å². The molecule has 0 saturated heterocycles. The Kier molecular flexibility index (Phi) is 2.57. The molecule has 1 unspecified atom stereocenters. The minimum absolute atomic E-state index is 0.302. The van der Waals surface area contributed by atoms with Crippen LogP contribution in [0.3, 0.4) is 0 Å². The van der Waals surface area contributed by atoms with Gasteiger partial charge in [-0.2, -0.15) is 4.39 Å². The maximum Gasteiger partial charge on any atom is 0.330 e. The fourth-order valence-corrected chi connectivity index (χ4v) is 1.43. The van der Waals surface area contributed by atoms with E-state index in [1.165, 1.54) is 0 Å². The predicted octanol–water partition coefficient (Wildman–Crippen LogP) is 0.317. The van der Waals surface area contributed by atoms with Gasteiger partial charge in [-0.05, 0) is 5.57 Å². The molecule has 1 aromatic rings. The van der Waals surface area contributed by atoms with E-state index in [1.54, 1.807) is 12.2 Å². The van der Waals surface area contributed by atoms with E-state index in [4.69, 9.17) is 4.74 Å². The van der Waals surface area contributed by atoms with Crippen molar-refractivity contribution in [1.82, 2.24) is 9.55 Å². The van der Waals surface area contributed by atoms with Gasteiger partial charge in [0.25, 0.3) is 5.56 Å². The molecule has 1 aliphatic heterocycles. The zero-order valence-corrected chi connectivity index (χ0v) is 8.27. The highest BCUT2D eigenvalue weighted by Crippen LogP contribution is 2.20. The van der Waals surface area contributed by atoms with E-state index in [1.807, 2.05) is 4.98 Å². The molecule has 84 valence electrons. The van der Waals surface area contributed by atoms with Gasteiger partial charge in [-0.1, -0.05) is 18.7 Å². The van der Waals surface area contributed by atoms with Gasteiger partial charge in [-0.3, -0.25) is 14.3 Å². The summed E-state index contributed by atoms with van der Waals surface area (Å²) in [4.78, 5) is 24.1. The van der Waals surface area contributed by atoms with E-state index >= 15 is 0 Å². The normalized spacial score (nSPS) is 20.1. The minimum atomic E-state index is -1.04. The van der Waals surface area contributed by atoms with Crippen LogP contribution < -0.4 is 11.2 Å². The van der Waals surface area contributed by atoms with E-state index in [0.29, 0.717) is 12.2 Å². The van der Waals surface area contributed by atoms with Gasteiger partial charge < -0.3 is 4.74 Å². The van der Waals surface area contributed by atoms with E-state index in [-0.39, 0.29) is 0 Å². The second-order valence-electron chi connectivity index (χ2n) is 3.31. The first-order valence-electron chi connectivity index (χ1n) is 4.57. The molecule has 16 heavy (non-hydrogen) atoms. The number of nitrogens with one attached hydrogen (secondary N) is 1. The van der Waals surface area contributed by atoms with Crippen molar-refractivity contribution in [3.8, 4) is 0 Å². The van der Waals surface area contributed by atoms with Gasteiger partial charge >= 0.3 is 5.69 Å². The molecule has 0 aliphatic carbocycles. The Morgan fingerprint density at radius 1 is 1.56 bits per heavy atom. The number of halogens is 1. The third-order valence-electron chi connectivity index (χ3n) is 2.18. The number of aromatic nitrogens is 2. The number of hydrogen-bond donors (Lipinski definition) is 1. The van der Waals surface area contributed by atoms with Gasteiger partial charge in [0, 0.05) is 0 Å². The molecule has 1 atom stereocenters. The van der Waals surface area contributed by atoms with Crippen molar-refractivity contribution in [3.63, 3.8) is 0 Å². The Hall–Kier alpha value is -1.95. The Bertz CT molecular complexity index is 570. The molecule has 0 saturated carbocycles. The fourth-order valence-electron chi connectivity index (χ4n) is 1.43. The average Bonchev–Trinajstić information content (AvgIpc) is 2.25. The van der Waals surface area contributed by atoms with Gasteiger partial charge in [-0.25, -0.2) is 4.79 Å². The largest absolute Gasteiger partial charge is 0.349 e. The standard InChI is InChI=1S/C10H9FN2O3/c1-6-3-2-4-16-9(6)13-5-7(11)8(14)12-10(13)15/h2-3,5,9H,1,4H2,(H,12,14,15). The van der Waals surface area contributed by atoms with Crippen LogP contribution in [0.2, 0.25) is 0 Å². The van der Waals surface area contributed by atoms with Gasteiger partial charge in [0.1, 0.15) is 0 Å². The number of aromatic amines is 1. The number of rotatable bonds is 1. The summed E-state index contributed by atoms with van der Waals surface area (Å²) in [5.41, 5.74) is -1.26. The van der Waals surface area contributed by atoms with E-state index in [9.17, 15) is 14.0 Å². The van der Waals surface area contributed by atoms with Crippen molar-refractivity contribution < 1.29 is 9.13 Å². The van der Waals surface area contributed by atoms with Crippen LogP contribution in [0.25, 0.3) is 0 Å². The first-order valence-corrected chi connectivity index (χ1v) is 4.57. The summed E-state index contributed by atoms with van der Waals surface area (Å²) in [6.07, 6.45) is 3.45. The van der Waals surface area contributed by atoms with E-state index in [0.717, 1.165) is 10.8 Å². The van der Waals surface area contributed by atoms with Crippen LogP contribution >= 0.6 is 0 Å². The predicted molar refractivity (Wildman–Crippen MR) is 54.5 cm³/mol. The Labute approximate surface area is 89.5 Å². The molecule has 0 spiro atoms. The van der Waals surface area contributed by atoms with Gasteiger partial charge in [0.15, 0.2) is 6.23 Å². The summed E-state index contributed by atoms with van der Waals surface area (Å²) in [6, 6.07) is 0. The Balaban J connectivity index is 2.52. The molecule has 0 fully saturated rings. The van der Waals surface area contributed by atoms with Gasteiger partial charge in [0.05, 0.1) is 12.8 Å². The molecule has 2 heterocycles. The lowest BCUT2D eigenvalue weighted by molar-refractivity contribution is 0.0411. The summed E-state index contributed by atoms with van der Waals surface area (Å²) >= 11 is 0. The van der Waals surface area contributed by atoms with Crippen molar-refractivity contribution in [3.05, 3.63) is 57.2 Å². The number of hydrogen-bond acceptors (Lipinski definition) is 3. The molecule has 0 aromatic carbocycles. The van der Waals surface area contributed by atoms with Crippen LogP contribution in [0.1, 0.15) is 6.23 Å². The number of H-pyrrole nitrogens is 1. The zero-order valence-electron chi connectivity index (χ0n) is 8.27. The Morgan fingerprint density at radius 2 is 2.31 bits per heavy atom. The molecule has 1 aliphatic rings. The highest BCUT2D eigenvalue weighted by molar-refractivity contribution is 5.20. The molecule has 1 aromatic heterocycles. The van der Waals surface area contributed by atoms with Crippen molar-refractivity contribution in [2.75, 3.05) is 6.61 Å². The number of nitrogens with zero attached hydrogens (tertiary/aromatic N) is 1. The summed E-state index contributed by atoms with van der Waals surface area (Å²) in [6.45, 7) is 3.98. The Morgan fingerprint density at radius 3 is 3.00 bits per heavy atom. The second kappa shape index (κ2) is 3.90. The smallest absolute Gasteiger partial charge is 0.330 e. The molecular weight excluding hydrogens is 215 g/mol. The highest BCUT2D eigenvalue weighted by atomic mass is 19.1. The zero-order chi connectivity index (χ0) is 11.7. The molecule has 0 radical (unpaired) electrons. The molecule has 1 N–H and O–H groups in total. The lowest BCUT2D eigenvalue weighted by Gasteiger charge is -2.22. The summed E-state index contributed by atoms with van der Waals surface area (Å²) in [7, 11) is 0. The van der Waals surface area contributed by atoms with Gasteiger partial charge in [-0.15, -0.1) is 0 Å². The third kappa shape index (κ3) is 1.74. The van der Waals surface area contributed by atoms with E-state index < -0.39 is 23.3 Å². The first-order chi connectivity index (χ1) is 7.59. The molecule has 6 heteroatoms. The van der Waals surface area contributed by atoms with Crippen LogP contribution in [0, 0.1) is 5.82 Å². The molecular formula is C10H9FN2O3. The quantitative estimate of drug-likeness (QED) is 0.747. The fraction of sp³-hybridized carbons (Fsp3) is 0.200. The van der Waals surface area contributed by atoms with Crippen LogP contribution in [-0.2, 0) is 4.74 Å².